The number of esters is 1. The Balaban J connectivity index is 1.87. The van der Waals surface area contributed by atoms with E-state index >= 15 is 0 Å². The summed E-state index contributed by atoms with van der Waals surface area (Å²) in [5.74, 6) is 0.289. The first-order chi connectivity index (χ1) is 10.6. The molecule has 0 saturated carbocycles. The monoisotopic (exact) mass is 291 g/mol. The molecule has 1 aliphatic heterocycles. The van der Waals surface area contributed by atoms with Crippen molar-refractivity contribution >= 4 is 23.5 Å². The van der Waals surface area contributed by atoms with Crippen LogP contribution in [0, 0.1) is 0 Å². The number of cyclic esters (lactones) is 1. The first-order valence-corrected chi connectivity index (χ1v) is 7.12. The molecule has 0 spiro atoms. The zero-order valence-corrected chi connectivity index (χ0v) is 12.6. The van der Waals surface area contributed by atoms with Crippen molar-refractivity contribution in [2.24, 2.45) is 0 Å². The Labute approximate surface area is 130 Å². The molecule has 0 atom stereocenters. The SMILES string of the molecule is CN(C)c1ccc(/C=C2\C=C(c3ccccc3)OC2=O)cc1. The number of ether oxygens (including phenoxy) is 1. The van der Waals surface area contributed by atoms with E-state index in [9.17, 15) is 4.79 Å². The second kappa shape index (κ2) is 5.90. The highest BCUT2D eigenvalue weighted by Gasteiger charge is 2.21. The number of carbonyl (C=O) groups is 1. The van der Waals surface area contributed by atoms with E-state index in [1.54, 1.807) is 6.08 Å². The number of nitrogens with zero attached hydrogens (tertiary/aromatic N) is 1. The van der Waals surface area contributed by atoms with Crippen molar-refractivity contribution in [3.8, 4) is 0 Å². The van der Waals surface area contributed by atoms with Gasteiger partial charge in [0.05, 0.1) is 5.57 Å². The van der Waals surface area contributed by atoms with E-state index in [1.807, 2.05) is 79.7 Å². The highest BCUT2D eigenvalue weighted by atomic mass is 16.5. The van der Waals surface area contributed by atoms with E-state index in [1.165, 1.54) is 0 Å². The number of benzene rings is 2. The molecule has 0 aliphatic carbocycles. The minimum atomic E-state index is -0.310. The van der Waals surface area contributed by atoms with E-state index in [2.05, 4.69) is 0 Å². The molecular formula is C19H17NO2. The third-order valence-electron chi connectivity index (χ3n) is 3.51. The number of anilines is 1. The summed E-state index contributed by atoms with van der Waals surface area (Å²) in [5, 5.41) is 0. The summed E-state index contributed by atoms with van der Waals surface area (Å²) in [7, 11) is 3.99. The molecule has 1 heterocycles. The number of carbonyl (C=O) groups excluding carboxylic acids is 1. The fourth-order valence-corrected chi connectivity index (χ4v) is 2.28. The molecule has 0 aromatic heterocycles. The van der Waals surface area contributed by atoms with Gasteiger partial charge in [-0.2, -0.15) is 0 Å². The van der Waals surface area contributed by atoms with Gasteiger partial charge in [-0.3, -0.25) is 0 Å². The van der Waals surface area contributed by atoms with Gasteiger partial charge in [0.15, 0.2) is 0 Å². The molecule has 1 aliphatic rings. The van der Waals surface area contributed by atoms with Crippen LogP contribution in [0.5, 0.6) is 0 Å². The van der Waals surface area contributed by atoms with Crippen LogP contribution < -0.4 is 4.90 Å². The maximum atomic E-state index is 12.0. The predicted molar refractivity (Wildman–Crippen MR) is 89.3 cm³/mol. The van der Waals surface area contributed by atoms with Crippen molar-refractivity contribution in [3.63, 3.8) is 0 Å². The standard InChI is InChI=1S/C19H17NO2/c1-20(2)17-10-8-14(9-11-17)12-16-13-18(22-19(16)21)15-6-4-3-5-7-15/h3-13H,1-2H3/b16-12+. The van der Waals surface area contributed by atoms with Crippen LogP contribution in [0.4, 0.5) is 5.69 Å². The lowest BCUT2D eigenvalue weighted by Gasteiger charge is -2.11. The van der Waals surface area contributed by atoms with Crippen LogP contribution in [0.3, 0.4) is 0 Å². The fraction of sp³-hybridized carbons (Fsp3) is 0.105. The van der Waals surface area contributed by atoms with Crippen LogP contribution in [0.25, 0.3) is 11.8 Å². The van der Waals surface area contributed by atoms with Gasteiger partial charge in [0, 0.05) is 25.3 Å². The lowest BCUT2D eigenvalue weighted by Crippen LogP contribution is -2.07. The Kier molecular flexibility index (Phi) is 3.79. The van der Waals surface area contributed by atoms with Crippen molar-refractivity contribution in [2.75, 3.05) is 19.0 Å². The van der Waals surface area contributed by atoms with Gasteiger partial charge in [0.25, 0.3) is 0 Å². The summed E-state index contributed by atoms with van der Waals surface area (Å²) in [6.45, 7) is 0. The number of hydrogen-bond donors (Lipinski definition) is 0. The average Bonchev–Trinajstić information content (AvgIpc) is 2.90. The topological polar surface area (TPSA) is 29.5 Å². The van der Waals surface area contributed by atoms with Crippen molar-refractivity contribution in [1.82, 2.24) is 0 Å². The Hall–Kier alpha value is -2.81. The Morgan fingerprint density at radius 1 is 0.955 bits per heavy atom. The van der Waals surface area contributed by atoms with Gasteiger partial charge in [-0.25, -0.2) is 4.79 Å². The molecule has 3 heteroatoms. The predicted octanol–water partition coefficient (Wildman–Crippen LogP) is 3.73. The molecule has 2 aromatic rings. The van der Waals surface area contributed by atoms with Gasteiger partial charge in [-0.15, -0.1) is 0 Å². The Morgan fingerprint density at radius 3 is 2.27 bits per heavy atom. The molecule has 0 unspecified atom stereocenters. The quantitative estimate of drug-likeness (QED) is 0.637. The smallest absolute Gasteiger partial charge is 0.343 e. The zero-order chi connectivity index (χ0) is 15.5. The highest BCUT2D eigenvalue weighted by Crippen LogP contribution is 2.27. The minimum Gasteiger partial charge on any atom is -0.422 e. The van der Waals surface area contributed by atoms with Crippen LogP contribution in [-0.4, -0.2) is 20.1 Å². The highest BCUT2D eigenvalue weighted by molar-refractivity contribution is 6.05. The molecule has 110 valence electrons. The van der Waals surface area contributed by atoms with Gasteiger partial charge >= 0.3 is 5.97 Å². The molecule has 0 N–H and O–H groups in total. The van der Waals surface area contributed by atoms with Crippen LogP contribution in [0.1, 0.15) is 11.1 Å². The van der Waals surface area contributed by atoms with Gasteiger partial charge in [-0.05, 0) is 29.8 Å². The van der Waals surface area contributed by atoms with Gasteiger partial charge in [0.2, 0.25) is 0 Å². The van der Waals surface area contributed by atoms with Gasteiger partial charge in [0.1, 0.15) is 5.76 Å². The molecule has 3 nitrogen and oxygen atoms in total. The van der Waals surface area contributed by atoms with Crippen LogP contribution >= 0.6 is 0 Å². The molecule has 0 bridgehead atoms. The largest absolute Gasteiger partial charge is 0.422 e. The number of rotatable bonds is 3. The molecule has 0 amide bonds. The average molecular weight is 291 g/mol. The van der Waals surface area contributed by atoms with E-state index in [0.717, 1.165) is 16.8 Å². The fourth-order valence-electron chi connectivity index (χ4n) is 2.28. The molecule has 3 rings (SSSR count). The minimum absolute atomic E-state index is 0.310. The Bertz CT molecular complexity index is 741. The van der Waals surface area contributed by atoms with Crippen LogP contribution in [-0.2, 0) is 9.53 Å². The summed E-state index contributed by atoms with van der Waals surface area (Å²) in [4.78, 5) is 14.0. The van der Waals surface area contributed by atoms with Crippen molar-refractivity contribution in [3.05, 3.63) is 77.4 Å². The van der Waals surface area contributed by atoms with Crippen LogP contribution in [0.15, 0.2) is 66.2 Å². The molecule has 0 radical (unpaired) electrons. The molecular weight excluding hydrogens is 274 g/mol. The van der Waals surface area contributed by atoms with Crippen molar-refractivity contribution in [2.45, 2.75) is 0 Å². The van der Waals surface area contributed by atoms with Crippen molar-refractivity contribution in [1.29, 1.82) is 0 Å². The molecule has 0 fully saturated rings. The lowest BCUT2D eigenvalue weighted by molar-refractivity contribution is -0.130. The number of hydrogen-bond acceptors (Lipinski definition) is 3. The summed E-state index contributed by atoms with van der Waals surface area (Å²) < 4.78 is 5.34. The maximum absolute atomic E-state index is 12.0. The first kappa shape index (κ1) is 14.1. The van der Waals surface area contributed by atoms with Crippen LogP contribution in [0.2, 0.25) is 0 Å². The third kappa shape index (κ3) is 2.93. The van der Waals surface area contributed by atoms with Gasteiger partial charge < -0.3 is 9.64 Å². The normalized spacial score (nSPS) is 15.6. The third-order valence-corrected chi connectivity index (χ3v) is 3.51. The summed E-state index contributed by atoms with van der Waals surface area (Å²) >= 11 is 0. The second-order valence-corrected chi connectivity index (χ2v) is 5.35. The molecule has 2 aromatic carbocycles. The maximum Gasteiger partial charge on any atom is 0.343 e. The zero-order valence-electron chi connectivity index (χ0n) is 12.6. The molecule has 0 saturated heterocycles. The van der Waals surface area contributed by atoms with E-state index in [0.29, 0.717) is 11.3 Å². The summed E-state index contributed by atoms with van der Waals surface area (Å²) in [6, 6.07) is 17.7. The van der Waals surface area contributed by atoms with Crippen molar-refractivity contribution < 1.29 is 9.53 Å². The molecule has 22 heavy (non-hydrogen) atoms. The second-order valence-electron chi connectivity index (χ2n) is 5.35. The van der Waals surface area contributed by atoms with Gasteiger partial charge in [-0.1, -0.05) is 42.5 Å². The summed E-state index contributed by atoms with van der Waals surface area (Å²) in [5.41, 5.74) is 3.57. The van der Waals surface area contributed by atoms with E-state index < -0.39 is 0 Å². The van der Waals surface area contributed by atoms with E-state index in [-0.39, 0.29) is 5.97 Å². The Morgan fingerprint density at radius 2 is 1.64 bits per heavy atom. The first-order valence-electron chi connectivity index (χ1n) is 7.12. The lowest BCUT2D eigenvalue weighted by atomic mass is 10.1. The van der Waals surface area contributed by atoms with E-state index in [4.69, 9.17) is 4.74 Å². The summed E-state index contributed by atoms with van der Waals surface area (Å²) in [6.07, 6.45) is 3.63.